The molecule has 1 saturated heterocycles. The molecule has 5 heteroatoms. The number of anilines is 1. The van der Waals surface area contributed by atoms with E-state index in [1.54, 1.807) is 13.0 Å². The van der Waals surface area contributed by atoms with Gasteiger partial charge in [-0.3, -0.25) is 9.59 Å². The van der Waals surface area contributed by atoms with E-state index in [1.807, 2.05) is 0 Å². The predicted octanol–water partition coefficient (Wildman–Crippen LogP) is 2.52. The van der Waals surface area contributed by atoms with Gasteiger partial charge in [0.2, 0.25) is 11.8 Å². The first-order valence-corrected chi connectivity index (χ1v) is 7.16. The minimum Gasteiger partial charge on any atom is -0.478 e. The summed E-state index contributed by atoms with van der Waals surface area (Å²) >= 11 is 0. The van der Waals surface area contributed by atoms with Crippen LogP contribution in [0.1, 0.15) is 48.0 Å². The third-order valence-corrected chi connectivity index (χ3v) is 4.65. The van der Waals surface area contributed by atoms with E-state index in [2.05, 4.69) is 0 Å². The molecular weight excluding hydrogens is 270 g/mol. The Bertz CT molecular complexity index is 644. The quantitative estimate of drug-likeness (QED) is 0.848. The zero-order valence-electron chi connectivity index (χ0n) is 11.9. The molecule has 1 N–H and O–H groups in total. The molecule has 2 aliphatic rings. The van der Waals surface area contributed by atoms with Crippen LogP contribution in [0.4, 0.5) is 5.69 Å². The number of carboxylic acid groups (broad SMARTS) is 1. The molecule has 5 nitrogen and oxygen atoms in total. The van der Waals surface area contributed by atoms with Gasteiger partial charge >= 0.3 is 5.97 Å². The highest BCUT2D eigenvalue weighted by atomic mass is 16.4. The normalized spacial score (nSPS) is 20.5. The van der Waals surface area contributed by atoms with Crippen LogP contribution in [-0.4, -0.2) is 22.9 Å². The van der Waals surface area contributed by atoms with Crippen LogP contribution >= 0.6 is 0 Å². The van der Waals surface area contributed by atoms with Crippen molar-refractivity contribution in [3.63, 3.8) is 0 Å². The number of aromatic carboxylic acids is 1. The van der Waals surface area contributed by atoms with Gasteiger partial charge in [-0.05, 0) is 37.5 Å². The van der Waals surface area contributed by atoms with Gasteiger partial charge in [0.1, 0.15) is 0 Å². The van der Waals surface area contributed by atoms with E-state index in [0.29, 0.717) is 5.69 Å². The second-order valence-electron chi connectivity index (χ2n) is 6.00. The molecule has 1 aromatic rings. The number of rotatable bonds is 2. The zero-order chi connectivity index (χ0) is 15.2. The van der Waals surface area contributed by atoms with E-state index in [0.717, 1.165) is 31.2 Å². The van der Waals surface area contributed by atoms with Crippen LogP contribution in [0.2, 0.25) is 0 Å². The monoisotopic (exact) mass is 287 g/mol. The second kappa shape index (κ2) is 4.69. The van der Waals surface area contributed by atoms with Gasteiger partial charge in [0, 0.05) is 6.42 Å². The smallest absolute Gasteiger partial charge is 0.335 e. The van der Waals surface area contributed by atoms with Crippen LogP contribution in [0.3, 0.4) is 0 Å². The zero-order valence-corrected chi connectivity index (χ0v) is 11.9. The summed E-state index contributed by atoms with van der Waals surface area (Å²) in [7, 11) is 0. The minimum absolute atomic E-state index is 0.0866. The maximum Gasteiger partial charge on any atom is 0.335 e. The Balaban J connectivity index is 2.04. The van der Waals surface area contributed by atoms with E-state index in [4.69, 9.17) is 5.11 Å². The van der Waals surface area contributed by atoms with Crippen molar-refractivity contribution in [1.29, 1.82) is 0 Å². The third-order valence-electron chi connectivity index (χ3n) is 4.65. The summed E-state index contributed by atoms with van der Waals surface area (Å²) in [6, 6.07) is 4.54. The topological polar surface area (TPSA) is 74.7 Å². The highest BCUT2D eigenvalue weighted by molar-refractivity contribution is 6.23. The summed E-state index contributed by atoms with van der Waals surface area (Å²) in [5.41, 5.74) is 0.692. The lowest BCUT2D eigenvalue weighted by molar-refractivity contribution is -0.125. The molecule has 0 bridgehead atoms. The fourth-order valence-electron chi connectivity index (χ4n) is 3.46. The van der Waals surface area contributed by atoms with Crippen molar-refractivity contribution in [3.8, 4) is 0 Å². The van der Waals surface area contributed by atoms with Gasteiger partial charge in [0.05, 0.1) is 16.7 Å². The Morgan fingerprint density at radius 2 is 1.90 bits per heavy atom. The first-order chi connectivity index (χ1) is 9.94. The molecule has 3 rings (SSSR count). The lowest BCUT2D eigenvalue weighted by Gasteiger charge is -2.22. The van der Waals surface area contributed by atoms with Crippen molar-refractivity contribution in [1.82, 2.24) is 0 Å². The van der Waals surface area contributed by atoms with Crippen molar-refractivity contribution in [2.45, 2.75) is 39.0 Å². The summed E-state index contributed by atoms with van der Waals surface area (Å²) in [6.07, 6.45) is 3.71. The molecule has 21 heavy (non-hydrogen) atoms. The largest absolute Gasteiger partial charge is 0.478 e. The van der Waals surface area contributed by atoms with Gasteiger partial charge in [0.15, 0.2) is 0 Å². The average molecular weight is 287 g/mol. The van der Waals surface area contributed by atoms with E-state index < -0.39 is 11.4 Å². The van der Waals surface area contributed by atoms with Gasteiger partial charge < -0.3 is 5.11 Å². The highest BCUT2D eigenvalue weighted by Crippen LogP contribution is 2.48. The summed E-state index contributed by atoms with van der Waals surface area (Å²) in [6.45, 7) is 1.78. The molecule has 1 aliphatic carbocycles. The number of hydrogen-bond acceptors (Lipinski definition) is 3. The molecule has 0 atom stereocenters. The van der Waals surface area contributed by atoms with Gasteiger partial charge in [-0.2, -0.15) is 0 Å². The molecule has 0 radical (unpaired) electrons. The second-order valence-corrected chi connectivity index (χ2v) is 6.00. The molecule has 0 aromatic heterocycles. The summed E-state index contributed by atoms with van der Waals surface area (Å²) in [4.78, 5) is 37.4. The van der Waals surface area contributed by atoms with E-state index in [-0.39, 0.29) is 23.8 Å². The van der Waals surface area contributed by atoms with Crippen LogP contribution in [0, 0.1) is 12.3 Å². The predicted molar refractivity (Wildman–Crippen MR) is 76.1 cm³/mol. The number of hydrogen-bond donors (Lipinski definition) is 1. The van der Waals surface area contributed by atoms with Crippen LogP contribution in [0.5, 0.6) is 0 Å². The molecule has 1 spiro atoms. The van der Waals surface area contributed by atoms with Crippen LogP contribution < -0.4 is 4.90 Å². The molecule has 1 aliphatic heterocycles. The maximum atomic E-state index is 12.7. The van der Waals surface area contributed by atoms with Gasteiger partial charge in [-0.1, -0.05) is 18.9 Å². The Hall–Kier alpha value is -2.17. The van der Waals surface area contributed by atoms with Crippen LogP contribution in [0.15, 0.2) is 18.2 Å². The van der Waals surface area contributed by atoms with Crippen molar-refractivity contribution < 1.29 is 19.5 Å². The Kier molecular flexibility index (Phi) is 3.08. The number of amides is 2. The molecule has 2 amide bonds. The van der Waals surface area contributed by atoms with E-state index in [1.165, 1.54) is 17.0 Å². The molecule has 0 unspecified atom stereocenters. The molecule has 1 heterocycles. The molecule has 1 saturated carbocycles. The number of carbonyl (C=O) groups excluding carboxylic acids is 2. The fraction of sp³-hybridized carbons (Fsp3) is 0.438. The molecule has 2 fully saturated rings. The van der Waals surface area contributed by atoms with Gasteiger partial charge in [0.25, 0.3) is 0 Å². The van der Waals surface area contributed by atoms with Crippen LogP contribution in [0.25, 0.3) is 0 Å². The molecule has 110 valence electrons. The van der Waals surface area contributed by atoms with Gasteiger partial charge in [-0.25, -0.2) is 9.69 Å². The third kappa shape index (κ3) is 2.04. The number of carboxylic acids is 1. The summed E-state index contributed by atoms with van der Waals surface area (Å²) < 4.78 is 0. The lowest BCUT2D eigenvalue weighted by Crippen LogP contribution is -2.35. The number of benzene rings is 1. The number of nitrogens with zero attached hydrogens (tertiary/aromatic N) is 1. The summed E-state index contributed by atoms with van der Waals surface area (Å²) in [5, 5.41) is 9.09. The number of carbonyl (C=O) groups is 3. The Morgan fingerprint density at radius 3 is 2.52 bits per heavy atom. The van der Waals surface area contributed by atoms with Crippen molar-refractivity contribution in [2.75, 3.05) is 4.90 Å². The van der Waals surface area contributed by atoms with Gasteiger partial charge in [-0.15, -0.1) is 0 Å². The average Bonchev–Trinajstić information content (AvgIpc) is 2.98. The van der Waals surface area contributed by atoms with Crippen LogP contribution in [-0.2, 0) is 9.59 Å². The Morgan fingerprint density at radius 1 is 1.24 bits per heavy atom. The minimum atomic E-state index is -1.06. The first kappa shape index (κ1) is 13.8. The SMILES string of the molecule is Cc1ccc(C(=O)O)cc1N1C(=O)CC2(CCCC2)C1=O. The number of imide groups is 1. The molecular formula is C16H17NO4. The standard InChI is InChI=1S/C16H17NO4/c1-10-4-5-11(14(19)20)8-12(10)17-13(18)9-16(15(17)21)6-2-3-7-16/h4-5,8H,2-3,6-7,9H2,1H3,(H,19,20). The first-order valence-electron chi connectivity index (χ1n) is 7.16. The molecule has 1 aromatic carbocycles. The van der Waals surface area contributed by atoms with Crippen molar-refractivity contribution in [2.24, 2.45) is 5.41 Å². The van der Waals surface area contributed by atoms with Crippen molar-refractivity contribution in [3.05, 3.63) is 29.3 Å². The lowest BCUT2D eigenvalue weighted by atomic mass is 9.84. The fourth-order valence-corrected chi connectivity index (χ4v) is 3.46. The number of aryl methyl sites for hydroxylation is 1. The highest BCUT2D eigenvalue weighted by Gasteiger charge is 2.53. The Labute approximate surface area is 122 Å². The van der Waals surface area contributed by atoms with E-state index in [9.17, 15) is 14.4 Å². The maximum absolute atomic E-state index is 12.7. The van der Waals surface area contributed by atoms with Crippen molar-refractivity contribution >= 4 is 23.5 Å². The summed E-state index contributed by atoms with van der Waals surface area (Å²) in [5.74, 6) is -1.44. The van der Waals surface area contributed by atoms with E-state index >= 15 is 0 Å².